The highest BCUT2D eigenvalue weighted by Crippen LogP contribution is 2.35. The van der Waals surface area contributed by atoms with E-state index in [1.807, 2.05) is 0 Å². The molecule has 5 heteroatoms. The maximum atomic E-state index is 12.2. The molecule has 1 fully saturated rings. The van der Waals surface area contributed by atoms with Crippen molar-refractivity contribution in [2.24, 2.45) is 17.8 Å². The van der Waals surface area contributed by atoms with Crippen LogP contribution in [0.1, 0.15) is 52.0 Å². The minimum Gasteiger partial charge on any atom is -0.462 e. The second kappa shape index (κ2) is 8.27. The summed E-state index contributed by atoms with van der Waals surface area (Å²) in [5, 5.41) is 11.0. The lowest BCUT2D eigenvalue weighted by molar-refractivity contribution is -0.385. The Hall–Kier alpha value is -1.91. The molecule has 0 bridgehead atoms. The van der Waals surface area contributed by atoms with E-state index in [1.54, 1.807) is 18.2 Å². The van der Waals surface area contributed by atoms with Gasteiger partial charge in [0, 0.05) is 18.1 Å². The average molecular weight is 333 g/mol. The van der Waals surface area contributed by atoms with Crippen LogP contribution < -0.4 is 0 Å². The molecular weight excluding hydrogens is 306 g/mol. The minimum atomic E-state index is -0.404. The van der Waals surface area contributed by atoms with Gasteiger partial charge < -0.3 is 4.74 Å². The Bertz CT molecular complexity index is 584. The van der Waals surface area contributed by atoms with Crippen LogP contribution in [-0.4, -0.2) is 17.0 Å². The first-order chi connectivity index (χ1) is 11.4. The molecule has 0 spiro atoms. The molecule has 24 heavy (non-hydrogen) atoms. The van der Waals surface area contributed by atoms with E-state index in [0.717, 1.165) is 12.8 Å². The van der Waals surface area contributed by atoms with Crippen LogP contribution >= 0.6 is 0 Å². The van der Waals surface area contributed by atoms with Crippen molar-refractivity contribution in [2.45, 2.75) is 59.0 Å². The van der Waals surface area contributed by atoms with E-state index in [4.69, 9.17) is 4.74 Å². The number of nitro groups is 1. The molecule has 1 aromatic carbocycles. The van der Waals surface area contributed by atoms with Gasteiger partial charge in [0.05, 0.1) is 4.92 Å². The average Bonchev–Trinajstić information content (AvgIpc) is 2.53. The Labute approximate surface area is 143 Å². The minimum absolute atomic E-state index is 0.0213. The van der Waals surface area contributed by atoms with Crippen molar-refractivity contribution >= 4 is 11.7 Å². The van der Waals surface area contributed by atoms with Crippen LogP contribution in [0.3, 0.4) is 0 Å². The van der Waals surface area contributed by atoms with Crippen molar-refractivity contribution in [3.8, 4) is 0 Å². The van der Waals surface area contributed by atoms with Crippen molar-refractivity contribution in [3.05, 3.63) is 39.9 Å². The van der Waals surface area contributed by atoms with Gasteiger partial charge in [0.1, 0.15) is 6.10 Å². The summed E-state index contributed by atoms with van der Waals surface area (Å²) < 4.78 is 5.75. The standard InChI is InChI=1S/C19H27NO4/c1-13(2)16-10-8-14(3)12-18(16)24-19(21)11-9-15-6-4-5-7-17(15)20(22)23/h4-7,13-14,16,18H,8-12H2,1-3H3/t14-,16+,18-/m1/s1. The molecule has 132 valence electrons. The first-order valence-corrected chi connectivity index (χ1v) is 8.80. The molecule has 1 saturated carbocycles. The van der Waals surface area contributed by atoms with Crippen LogP contribution in [0.15, 0.2) is 24.3 Å². The number of hydrogen-bond acceptors (Lipinski definition) is 4. The van der Waals surface area contributed by atoms with Gasteiger partial charge in [-0.15, -0.1) is 0 Å². The summed E-state index contributed by atoms with van der Waals surface area (Å²) in [5.41, 5.74) is 0.647. The van der Waals surface area contributed by atoms with E-state index in [-0.39, 0.29) is 24.2 Å². The van der Waals surface area contributed by atoms with E-state index < -0.39 is 4.92 Å². The van der Waals surface area contributed by atoms with E-state index in [1.165, 1.54) is 12.5 Å². The number of para-hydroxylation sites is 1. The summed E-state index contributed by atoms with van der Waals surface area (Å²) in [7, 11) is 0. The van der Waals surface area contributed by atoms with Crippen molar-refractivity contribution in [3.63, 3.8) is 0 Å². The lowest BCUT2D eigenvalue weighted by atomic mass is 9.75. The zero-order valence-corrected chi connectivity index (χ0v) is 14.7. The molecule has 0 amide bonds. The summed E-state index contributed by atoms with van der Waals surface area (Å²) in [6, 6.07) is 6.56. The zero-order chi connectivity index (χ0) is 17.7. The largest absolute Gasteiger partial charge is 0.462 e. The van der Waals surface area contributed by atoms with Gasteiger partial charge in [0.2, 0.25) is 0 Å². The van der Waals surface area contributed by atoms with E-state index in [0.29, 0.717) is 29.7 Å². The molecule has 3 atom stereocenters. The Morgan fingerprint density at radius 2 is 2.04 bits per heavy atom. The zero-order valence-electron chi connectivity index (χ0n) is 14.7. The van der Waals surface area contributed by atoms with Gasteiger partial charge in [-0.25, -0.2) is 0 Å². The molecule has 1 aliphatic carbocycles. The molecule has 5 nitrogen and oxygen atoms in total. The fraction of sp³-hybridized carbons (Fsp3) is 0.632. The highest BCUT2D eigenvalue weighted by atomic mass is 16.6. The Morgan fingerprint density at radius 3 is 2.71 bits per heavy atom. The van der Waals surface area contributed by atoms with Gasteiger partial charge in [-0.05, 0) is 37.0 Å². The molecule has 0 aromatic heterocycles. The predicted octanol–water partition coefficient (Wildman–Crippen LogP) is 4.53. The molecule has 2 rings (SSSR count). The monoisotopic (exact) mass is 333 g/mol. The quantitative estimate of drug-likeness (QED) is 0.435. The van der Waals surface area contributed by atoms with Crippen LogP contribution in [0.4, 0.5) is 5.69 Å². The van der Waals surface area contributed by atoms with Crippen LogP contribution in [0.2, 0.25) is 0 Å². The SMILES string of the molecule is CC(C)[C@@H]1CC[C@@H](C)C[C@H]1OC(=O)CCc1ccccc1[N+](=O)[O-]. The molecule has 0 heterocycles. The number of carbonyl (C=O) groups is 1. The lowest BCUT2D eigenvalue weighted by Crippen LogP contribution is -2.35. The summed E-state index contributed by atoms with van der Waals surface area (Å²) >= 11 is 0. The highest BCUT2D eigenvalue weighted by molar-refractivity contribution is 5.70. The number of benzene rings is 1. The molecule has 1 aliphatic rings. The number of esters is 1. The summed E-state index contributed by atoms with van der Waals surface area (Å²) in [4.78, 5) is 22.9. The normalized spacial score (nSPS) is 23.9. The van der Waals surface area contributed by atoms with Crippen LogP contribution in [0.5, 0.6) is 0 Å². The Balaban J connectivity index is 1.94. The molecule has 0 N–H and O–H groups in total. The second-order valence-electron chi connectivity index (χ2n) is 7.24. The maximum Gasteiger partial charge on any atom is 0.306 e. The van der Waals surface area contributed by atoms with E-state index >= 15 is 0 Å². The van der Waals surface area contributed by atoms with Crippen molar-refractivity contribution in [1.29, 1.82) is 0 Å². The van der Waals surface area contributed by atoms with Crippen molar-refractivity contribution in [2.75, 3.05) is 0 Å². The number of ether oxygens (including phenoxy) is 1. The molecule has 0 saturated heterocycles. The predicted molar refractivity (Wildman–Crippen MR) is 92.6 cm³/mol. The summed E-state index contributed by atoms with van der Waals surface area (Å²) in [6.07, 6.45) is 3.70. The third-order valence-electron chi connectivity index (χ3n) is 5.03. The molecular formula is C19H27NO4. The molecule has 0 radical (unpaired) electrons. The molecule has 0 aliphatic heterocycles. The van der Waals surface area contributed by atoms with E-state index in [2.05, 4.69) is 20.8 Å². The smallest absolute Gasteiger partial charge is 0.306 e. The van der Waals surface area contributed by atoms with Gasteiger partial charge in [-0.1, -0.05) is 45.4 Å². The van der Waals surface area contributed by atoms with Gasteiger partial charge >= 0.3 is 5.97 Å². The fourth-order valence-corrected chi connectivity index (χ4v) is 3.62. The number of carbonyl (C=O) groups excluding carboxylic acids is 1. The first-order valence-electron chi connectivity index (χ1n) is 8.80. The Morgan fingerprint density at radius 1 is 1.33 bits per heavy atom. The topological polar surface area (TPSA) is 69.4 Å². The van der Waals surface area contributed by atoms with Crippen molar-refractivity contribution in [1.82, 2.24) is 0 Å². The van der Waals surface area contributed by atoms with Crippen LogP contribution in [0, 0.1) is 27.9 Å². The molecule has 0 unspecified atom stereocenters. The second-order valence-corrected chi connectivity index (χ2v) is 7.24. The van der Waals surface area contributed by atoms with Crippen LogP contribution in [-0.2, 0) is 16.0 Å². The van der Waals surface area contributed by atoms with Gasteiger partial charge in [0.15, 0.2) is 0 Å². The third-order valence-corrected chi connectivity index (χ3v) is 5.03. The van der Waals surface area contributed by atoms with Crippen molar-refractivity contribution < 1.29 is 14.5 Å². The van der Waals surface area contributed by atoms with E-state index in [9.17, 15) is 14.9 Å². The Kier molecular flexibility index (Phi) is 6.35. The first kappa shape index (κ1) is 18.4. The fourth-order valence-electron chi connectivity index (χ4n) is 3.62. The third kappa shape index (κ3) is 4.79. The number of hydrogen-bond donors (Lipinski definition) is 0. The van der Waals surface area contributed by atoms with Gasteiger partial charge in [0.25, 0.3) is 5.69 Å². The number of nitro benzene ring substituents is 1. The lowest BCUT2D eigenvalue weighted by Gasteiger charge is -2.36. The maximum absolute atomic E-state index is 12.2. The number of nitrogens with zero attached hydrogens (tertiary/aromatic N) is 1. The van der Waals surface area contributed by atoms with Gasteiger partial charge in [-0.3, -0.25) is 14.9 Å². The summed E-state index contributed by atoms with van der Waals surface area (Å²) in [6.45, 7) is 6.55. The van der Waals surface area contributed by atoms with Gasteiger partial charge in [-0.2, -0.15) is 0 Å². The number of rotatable bonds is 6. The molecule has 1 aromatic rings. The summed E-state index contributed by atoms with van der Waals surface area (Å²) in [5.74, 6) is 1.23. The highest BCUT2D eigenvalue weighted by Gasteiger charge is 2.33. The number of aryl methyl sites for hydroxylation is 1. The van der Waals surface area contributed by atoms with Crippen LogP contribution in [0.25, 0.3) is 0 Å².